The molecule has 0 bridgehead atoms. The largest absolute Gasteiger partial charge is 0.507 e. The van der Waals surface area contributed by atoms with Crippen molar-refractivity contribution in [2.24, 2.45) is 0 Å². The predicted octanol–water partition coefficient (Wildman–Crippen LogP) is 6.95. The highest BCUT2D eigenvalue weighted by atomic mass is 16.7. The van der Waals surface area contributed by atoms with Crippen molar-refractivity contribution in [2.75, 3.05) is 11.7 Å². The zero-order valence-electron chi connectivity index (χ0n) is 23.6. The first-order valence-electron chi connectivity index (χ1n) is 13.2. The molecule has 39 heavy (non-hydrogen) atoms. The summed E-state index contributed by atoms with van der Waals surface area (Å²) in [6.45, 7) is 14.7. The van der Waals surface area contributed by atoms with Gasteiger partial charge in [0.15, 0.2) is 11.5 Å². The number of hydrogen-bond acceptors (Lipinski definition) is 5. The van der Waals surface area contributed by atoms with E-state index >= 15 is 0 Å². The zero-order chi connectivity index (χ0) is 28.3. The summed E-state index contributed by atoms with van der Waals surface area (Å²) in [6.07, 6.45) is 0. The van der Waals surface area contributed by atoms with Crippen LogP contribution in [0.25, 0.3) is 5.76 Å². The Bertz CT molecular complexity index is 1500. The average Bonchev–Trinajstić information content (AvgIpc) is 3.44. The van der Waals surface area contributed by atoms with E-state index in [1.54, 1.807) is 18.2 Å². The van der Waals surface area contributed by atoms with Crippen LogP contribution in [0.4, 0.5) is 5.69 Å². The van der Waals surface area contributed by atoms with Gasteiger partial charge in [-0.2, -0.15) is 0 Å². The van der Waals surface area contributed by atoms with E-state index in [0.717, 1.165) is 22.3 Å². The van der Waals surface area contributed by atoms with Gasteiger partial charge in [0.1, 0.15) is 5.76 Å². The van der Waals surface area contributed by atoms with E-state index < -0.39 is 17.7 Å². The standard InChI is InChI=1S/C33H35NO5/c1-19-8-11-22(33(5,6)7)16-24(19)29(35)27-28(20-9-12-21(13-10-20)32(2,3)4)34(31(37)30(27)36)23-14-15-25-26(17-23)39-18-38-25/h8-17,28,35H,18H2,1-7H3/b29-27+. The average molecular weight is 526 g/mol. The summed E-state index contributed by atoms with van der Waals surface area (Å²) in [5.41, 5.74) is 4.56. The van der Waals surface area contributed by atoms with Gasteiger partial charge in [0.05, 0.1) is 11.6 Å². The molecule has 3 aromatic rings. The van der Waals surface area contributed by atoms with Crippen molar-refractivity contribution < 1.29 is 24.2 Å². The van der Waals surface area contributed by atoms with Crippen LogP contribution >= 0.6 is 0 Å². The lowest BCUT2D eigenvalue weighted by Gasteiger charge is -2.27. The van der Waals surface area contributed by atoms with Crippen LogP contribution in [0.1, 0.15) is 75.4 Å². The van der Waals surface area contributed by atoms with Crippen molar-refractivity contribution in [3.8, 4) is 11.5 Å². The Balaban J connectivity index is 1.72. The molecule has 5 rings (SSSR count). The number of carbonyl (C=O) groups excluding carboxylic acids is 2. The van der Waals surface area contributed by atoms with Crippen LogP contribution < -0.4 is 14.4 Å². The van der Waals surface area contributed by atoms with Crippen LogP contribution in [0.3, 0.4) is 0 Å². The topological polar surface area (TPSA) is 76.1 Å². The first kappa shape index (κ1) is 26.5. The number of amides is 1. The number of carbonyl (C=O) groups is 2. The van der Waals surface area contributed by atoms with E-state index in [9.17, 15) is 14.7 Å². The highest BCUT2D eigenvalue weighted by molar-refractivity contribution is 6.51. The molecule has 202 valence electrons. The number of rotatable bonds is 3. The third-order valence-corrected chi connectivity index (χ3v) is 7.53. The minimum atomic E-state index is -0.822. The molecule has 1 atom stereocenters. The number of Topliss-reactive ketones (excluding diaryl/α,β-unsaturated/α-hetero) is 1. The summed E-state index contributed by atoms with van der Waals surface area (Å²) in [5.74, 6) is -0.522. The van der Waals surface area contributed by atoms with Crippen LogP contribution in [0.5, 0.6) is 11.5 Å². The smallest absolute Gasteiger partial charge is 0.300 e. The minimum Gasteiger partial charge on any atom is -0.507 e. The lowest BCUT2D eigenvalue weighted by Crippen LogP contribution is -2.29. The van der Waals surface area contributed by atoms with Gasteiger partial charge in [0.25, 0.3) is 11.7 Å². The van der Waals surface area contributed by atoms with Crippen molar-refractivity contribution >= 4 is 23.1 Å². The second-order valence-electron chi connectivity index (χ2n) is 12.4. The normalized spacial score (nSPS) is 18.6. The van der Waals surface area contributed by atoms with Crippen molar-refractivity contribution in [1.82, 2.24) is 0 Å². The molecule has 1 N–H and O–H groups in total. The molecule has 6 heteroatoms. The molecule has 2 aliphatic rings. The molecule has 0 radical (unpaired) electrons. The molecule has 0 spiro atoms. The van der Waals surface area contributed by atoms with Gasteiger partial charge in [-0.3, -0.25) is 14.5 Å². The minimum absolute atomic E-state index is 0.0651. The van der Waals surface area contributed by atoms with E-state index in [2.05, 4.69) is 41.5 Å². The number of fused-ring (bicyclic) bond motifs is 1. The monoisotopic (exact) mass is 525 g/mol. The van der Waals surface area contributed by atoms with E-state index in [-0.39, 0.29) is 29.0 Å². The second kappa shape index (κ2) is 9.30. The fourth-order valence-electron chi connectivity index (χ4n) is 5.10. The van der Waals surface area contributed by atoms with Crippen LogP contribution in [-0.4, -0.2) is 23.6 Å². The van der Waals surface area contributed by atoms with Crippen LogP contribution in [0, 0.1) is 6.92 Å². The van der Waals surface area contributed by atoms with Gasteiger partial charge in [0.2, 0.25) is 6.79 Å². The molecule has 2 heterocycles. The summed E-state index contributed by atoms with van der Waals surface area (Å²) in [5, 5.41) is 11.7. The molecular formula is C33H35NO5. The van der Waals surface area contributed by atoms with Crippen molar-refractivity contribution in [2.45, 2.75) is 65.3 Å². The summed E-state index contributed by atoms with van der Waals surface area (Å²) in [4.78, 5) is 28.8. The van der Waals surface area contributed by atoms with Gasteiger partial charge in [-0.15, -0.1) is 0 Å². The van der Waals surface area contributed by atoms with Gasteiger partial charge >= 0.3 is 0 Å². The third kappa shape index (κ3) is 4.69. The molecule has 1 amide bonds. The number of hydrogen-bond donors (Lipinski definition) is 1. The highest BCUT2D eigenvalue weighted by Crippen LogP contribution is 2.45. The quantitative estimate of drug-likeness (QED) is 0.228. The first-order valence-corrected chi connectivity index (χ1v) is 13.2. The van der Waals surface area contributed by atoms with Gasteiger partial charge in [-0.05, 0) is 58.2 Å². The molecular weight excluding hydrogens is 490 g/mol. The van der Waals surface area contributed by atoms with Crippen molar-refractivity contribution in [3.05, 3.63) is 94.1 Å². The Kier molecular flexibility index (Phi) is 6.33. The maximum atomic E-state index is 13.7. The number of aliphatic hydroxyl groups is 1. The van der Waals surface area contributed by atoms with Gasteiger partial charge < -0.3 is 14.6 Å². The molecule has 1 fully saturated rings. The first-order chi connectivity index (χ1) is 18.3. The maximum Gasteiger partial charge on any atom is 0.300 e. The number of anilines is 1. The Morgan fingerprint density at radius 1 is 0.821 bits per heavy atom. The summed E-state index contributed by atoms with van der Waals surface area (Å²) in [7, 11) is 0. The molecule has 1 unspecified atom stereocenters. The summed E-state index contributed by atoms with van der Waals surface area (Å²) < 4.78 is 11.0. The predicted molar refractivity (Wildman–Crippen MR) is 152 cm³/mol. The second-order valence-corrected chi connectivity index (χ2v) is 12.4. The zero-order valence-corrected chi connectivity index (χ0v) is 23.6. The van der Waals surface area contributed by atoms with Gasteiger partial charge in [-0.1, -0.05) is 77.9 Å². The fraction of sp³-hybridized carbons (Fsp3) is 0.333. The molecule has 1 saturated heterocycles. The SMILES string of the molecule is Cc1ccc(C(C)(C)C)cc1/C(O)=C1\C(=O)C(=O)N(c2ccc3c(c2)OCO3)C1c1ccc(C(C)(C)C)cc1. The Labute approximate surface area is 229 Å². The Hall–Kier alpha value is -4.06. The molecule has 2 aliphatic heterocycles. The van der Waals surface area contributed by atoms with Crippen molar-refractivity contribution in [1.29, 1.82) is 0 Å². The Morgan fingerprint density at radius 3 is 2.08 bits per heavy atom. The van der Waals surface area contributed by atoms with E-state index in [1.807, 2.05) is 49.4 Å². The third-order valence-electron chi connectivity index (χ3n) is 7.53. The summed E-state index contributed by atoms with van der Waals surface area (Å²) >= 11 is 0. The number of aliphatic hydroxyl groups excluding tert-OH is 1. The van der Waals surface area contributed by atoms with Crippen molar-refractivity contribution in [3.63, 3.8) is 0 Å². The van der Waals surface area contributed by atoms with E-state index in [4.69, 9.17) is 9.47 Å². The van der Waals surface area contributed by atoms with E-state index in [1.165, 1.54) is 4.90 Å². The lowest BCUT2D eigenvalue weighted by atomic mass is 9.84. The van der Waals surface area contributed by atoms with Crippen LogP contribution in [-0.2, 0) is 20.4 Å². The van der Waals surface area contributed by atoms with Gasteiger partial charge in [-0.25, -0.2) is 0 Å². The lowest BCUT2D eigenvalue weighted by molar-refractivity contribution is -0.132. The van der Waals surface area contributed by atoms with Crippen LogP contribution in [0.2, 0.25) is 0 Å². The number of benzene rings is 3. The maximum absolute atomic E-state index is 13.7. The number of ketones is 1. The summed E-state index contributed by atoms with van der Waals surface area (Å²) in [6, 6.07) is 18.1. The molecule has 0 aromatic heterocycles. The molecule has 3 aromatic carbocycles. The van der Waals surface area contributed by atoms with E-state index in [0.29, 0.717) is 22.7 Å². The fourth-order valence-corrected chi connectivity index (χ4v) is 5.10. The number of aryl methyl sites for hydroxylation is 1. The molecule has 0 aliphatic carbocycles. The van der Waals surface area contributed by atoms with Crippen LogP contribution in [0.15, 0.2) is 66.2 Å². The molecule has 6 nitrogen and oxygen atoms in total. The van der Waals surface area contributed by atoms with Gasteiger partial charge in [0, 0.05) is 17.3 Å². The Morgan fingerprint density at radius 2 is 1.44 bits per heavy atom. The molecule has 0 saturated carbocycles. The number of ether oxygens (including phenoxy) is 2. The highest BCUT2D eigenvalue weighted by Gasteiger charge is 2.47. The number of nitrogens with zero attached hydrogens (tertiary/aromatic N) is 1.